The smallest absolute Gasteiger partial charge is 0.255 e. The van der Waals surface area contributed by atoms with Crippen molar-refractivity contribution in [3.8, 4) is 5.75 Å². The van der Waals surface area contributed by atoms with Crippen molar-refractivity contribution in [2.75, 3.05) is 43.5 Å². The molecule has 0 atom stereocenters. The van der Waals surface area contributed by atoms with E-state index in [0.717, 1.165) is 13.1 Å². The topological polar surface area (TPSA) is 61.9 Å². The van der Waals surface area contributed by atoms with Gasteiger partial charge in [0.05, 0.1) is 7.11 Å². The SMILES string of the molecule is COc1ccc(C(=O)Nc2ccc(C(=O)N3CCN(c4ccc(C)cc4)CC3)cc2)cc1. The highest BCUT2D eigenvalue weighted by Gasteiger charge is 2.22. The number of rotatable bonds is 5. The molecular formula is C26H27N3O3. The van der Waals surface area contributed by atoms with Crippen LogP contribution in [-0.4, -0.2) is 50.0 Å². The van der Waals surface area contributed by atoms with Crippen molar-refractivity contribution in [3.05, 3.63) is 89.5 Å². The molecule has 32 heavy (non-hydrogen) atoms. The average Bonchev–Trinajstić information content (AvgIpc) is 2.85. The van der Waals surface area contributed by atoms with Crippen LogP contribution in [0.5, 0.6) is 5.75 Å². The second-order valence-electron chi connectivity index (χ2n) is 7.87. The van der Waals surface area contributed by atoms with E-state index in [1.807, 2.05) is 4.90 Å². The molecule has 0 saturated carbocycles. The third-order valence-corrected chi connectivity index (χ3v) is 5.71. The van der Waals surface area contributed by atoms with Gasteiger partial charge in [0, 0.05) is 48.7 Å². The lowest BCUT2D eigenvalue weighted by Gasteiger charge is -2.36. The third kappa shape index (κ3) is 4.91. The van der Waals surface area contributed by atoms with Crippen LogP contribution in [0.4, 0.5) is 11.4 Å². The second-order valence-corrected chi connectivity index (χ2v) is 7.87. The average molecular weight is 430 g/mol. The maximum absolute atomic E-state index is 12.9. The van der Waals surface area contributed by atoms with Gasteiger partial charge < -0.3 is 19.9 Å². The van der Waals surface area contributed by atoms with Gasteiger partial charge in [-0.15, -0.1) is 0 Å². The molecule has 6 heteroatoms. The van der Waals surface area contributed by atoms with Crippen molar-refractivity contribution in [3.63, 3.8) is 0 Å². The van der Waals surface area contributed by atoms with Gasteiger partial charge in [0.25, 0.3) is 11.8 Å². The van der Waals surface area contributed by atoms with Gasteiger partial charge in [0.2, 0.25) is 0 Å². The number of anilines is 2. The van der Waals surface area contributed by atoms with Crippen molar-refractivity contribution < 1.29 is 14.3 Å². The Balaban J connectivity index is 1.33. The summed E-state index contributed by atoms with van der Waals surface area (Å²) in [5.41, 5.74) is 4.24. The first kappa shape index (κ1) is 21.4. The Morgan fingerprint density at radius 2 is 1.38 bits per heavy atom. The summed E-state index contributed by atoms with van der Waals surface area (Å²) < 4.78 is 5.12. The van der Waals surface area contributed by atoms with Crippen LogP contribution in [0.15, 0.2) is 72.8 Å². The maximum Gasteiger partial charge on any atom is 0.255 e. The molecule has 0 unspecified atom stereocenters. The van der Waals surface area contributed by atoms with Gasteiger partial charge in [-0.1, -0.05) is 17.7 Å². The van der Waals surface area contributed by atoms with Crippen LogP contribution < -0.4 is 15.0 Å². The lowest BCUT2D eigenvalue weighted by molar-refractivity contribution is 0.0746. The van der Waals surface area contributed by atoms with Crippen LogP contribution in [0.2, 0.25) is 0 Å². The number of piperazine rings is 1. The molecule has 1 heterocycles. The van der Waals surface area contributed by atoms with Crippen molar-refractivity contribution >= 4 is 23.2 Å². The van der Waals surface area contributed by atoms with E-state index in [2.05, 4.69) is 41.4 Å². The molecule has 2 amide bonds. The number of hydrogen-bond donors (Lipinski definition) is 1. The van der Waals surface area contributed by atoms with Crippen LogP contribution in [0.3, 0.4) is 0 Å². The normalized spacial score (nSPS) is 13.6. The highest BCUT2D eigenvalue weighted by atomic mass is 16.5. The summed E-state index contributed by atoms with van der Waals surface area (Å²) in [5.74, 6) is 0.504. The highest BCUT2D eigenvalue weighted by molar-refractivity contribution is 6.04. The van der Waals surface area contributed by atoms with E-state index < -0.39 is 0 Å². The zero-order chi connectivity index (χ0) is 22.5. The number of nitrogens with one attached hydrogen (secondary N) is 1. The van der Waals surface area contributed by atoms with Crippen LogP contribution in [-0.2, 0) is 0 Å². The number of benzene rings is 3. The number of ether oxygens (including phenoxy) is 1. The fourth-order valence-electron chi connectivity index (χ4n) is 3.75. The first-order chi connectivity index (χ1) is 15.5. The van der Waals surface area contributed by atoms with Crippen molar-refractivity contribution in [2.45, 2.75) is 6.92 Å². The van der Waals surface area contributed by atoms with E-state index in [9.17, 15) is 9.59 Å². The zero-order valence-corrected chi connectivity index (χ0v) is 18.4. The summed E-state index contributed by atoms with van der Waals surface area (Å²) in [4.78, 5) is 29.5. The van der Waals surface area contributed by atoms with Crippen molar-refractivity contribution in [1.82, 2.24) is 4.90 Å². The predicted molar refractivity (Wildman–Crippen MR) is 127 cm³/mol. The van der Waals surface area contributed by atoms with Crippen LogP contribution >= 0.6 is 0 Å². The number of nitrogens with zero attached hydrogens (tertiary/aromatic N) is 2. The van der Waals surface area contributed by atoms with E-state index in [1.54, 1.807) is 55.6 Å². The number of amides is 2. The first-order valence-corrected chi connectivity index (χ1v) is 10.7. The number of methoxy groups -OCH3 is 1. The van der Waals surface area contributed by atoms with Gasteiger partial charge in [0.15, 0.2) is 0 Å². The third-order valence-electron chi connectivity index (χ3n) is 5.71. The zero-order valence-electron chi connectivity index (χ0n) is 18.4. The minimum Gasteiger partial charge on any atom is -0.497 e. The lowest BCUT2D eigenvalue weighted by Crippen LogP contribution is -2.48. The lowest BCUT2D eigenvalue weighted by atomic mass is 10.1. The molecule has 164 valence electrons. The van der Waals surface area contributed by atoms with E-state index in [-0.39, 0.29) is 11.8 Å². The molecule has 0 radical (unpaired) electrons. The number of hydrogen-bond acceptors (Lipinski definition) is 4. The number of aryl methyl sites for hydroxylation is 1. The van der Waals surface area contributed by atoms with Crippen LogP contribution in [0, 0.1) is 6.92 Å². The summed E-state index contributed by atoms with van der Waals surface area (Å²) in [6, 6.07) is 22.4. The Labute approximate surface area is 188 Å². The molecule has 1 aliphatic heterocycles. The number of carbonyl (C=O) groups excluding carboxylic acids is 2. The minimum absolute atomic E-state index is 0.0154. The Bertz CT molecular complexity index is 1070. The molecule has 0 aromatic heterocycles. The molecule has 6 nitrogen and oxygen atoms in total. The summed E-state index contributed by atoms with van der Waals surface area (Å²) in [7, 11) is 1.59. The van der Waals surface area contributed by atoms with Crippen molar-refractivity contribution in [2.24, 2.45) is 0 Å². The van der Waals surface area contributed by atoms with E-state index in [1.165, 1.54) is 11.3 Å². The molecular weight excluding hydrogens is 402 g/mol. The molecule has 4 rings (SSSR count). The summed E-state index contributed by atoms with van der Waals surface area (Å²) in [5, 5.41) is 2.86. The minimum atomic E-state index is -0.209. The Kier molecular flexibility index (Phi) is 6.40. The first-order valence-electron chi connectivity index (χ1n) is 10.7. The molecule has 0 aliphatic carbocycles. The quantitative estimate of drug-likeness (QED) is 0.660. The van der Waals surface area contributed by atoms with Gasteiger partial charge >= 0.3 is 0 Å². The monoisotopic (exact) mass is 429 g/mol. The fourth-order valence-corrected chi connectivity index (χ4v) is 3.75. The molecule has 1 saturated heterocycles. The van der Waals surface area contributed by atoms with Crippen LogP contribution in [0.25, 0.3) is 0 Å². The Hall–Kier alpha value is -3.80. The second kappa shape index (κ2) is 9.56. The summed E-state index contributed by atoms with van der Waals surface area (Å²) in [6.45, 7) is 5.07. The molecule has 3 aromatic carbocycles. The molecule has 3 aromatic rings. The Morgan fingerprint density at radius 3 is 1.97 bits per heavy atom. The fraction of sp³-hybridized carbons (Fsp3) is 0.231. The molecule has 0 bridgehead atoms. The standard InChI is InChI=1S/C26H27N3O3/c1-19-3-11-23(12-4-19)28-15-17-29(18-16-28)26(31)21-5-9-22(10-6-21)27-25(30)20-7-13-24(32-2)14-8-20/h3-14H,15-18H2,1-2H3,(H,27,30). The molecule has 1 N–H and O–H groups in total. The molecule has 1 fully saturated rings. The molecule has 1 aliphatic rings. The number of carbonyl (C=O) groups is 2. The van der Waals surface area contributed by atoms with Gasteiger partial charge in [-0.25, -0.2) is 0 Å². The predicted octanol–water partition coefficient (Wildman–Crippen LogP) is 4.22. The van der Waals surface area contributed by atoms with Gasteiger partial charge in [-0.3, -0.25) is 9.59 Å². The van der Waals surface area contributed by atoms with E-state index >= 15 is 0 Å². The van der Waals surface area contributed by atoms with E-state index in [0.29, 0.717) is 35.7 Å². The van der Waals surface area contributed by atoms with Gasteiger partial charge in [0.1, 0.15) is 5.75 Å². The largest absolute Gasteiger partial charge is 0.497 e. The molecule has 0 spiro atoms. The highest BCUT2D eigenvalue weighted by Crippen LogP contribution is 2.19. The van der Waals surface area contributed by atoms with Gasteiger partial charge in [-0.2, -0.15) is 0 Å². The van der Waals surface area contributed by atoms with E-state index in [4.69, 9.17) is 4.74 Å². The van der Waals surface area contributed by atoms with Crippen molar-refractivity contribution in [1.29, 1.82) is 0 Å². The summed E-state index contributed by atoms with van der Waals surface area (Å²) in [6.07, 6.45) is 0. The Morgan fingerprint density at radius 1 is 0.781 bits per heavy atom. The maximum atomic E-state index is 12.9. The van der Waals surface area contributed by atoms with Gasteiger partial charge in [-0.05, 0) is 67.6 Å². The summed E-state index contributed by atoms with van der Waals surface area (Å²) >= 11 is 0. The van der Waals surface area contributed by atoms with Crippen LogP contribution in [0.1, 0.15) is 26.3 Å².